The van der Waals surface area contributed by atoms with Crippen LogP contribution < -0.4 is 20.7 Å². The van der Waals surface area contributed by atoms with Crippen LogP contribution in [0.15, 0.2) is 18.5 Å². The predicted molar refractivity (Wildman–Crippen MR) is 131 cm³/mol. The van der Waals surface area contributed by atoms with E-state index in [1.165, 1.54) is 0 Å². The number of hydrogen-bond donors (Lipinski definition) is 2. The molecule has 35 heavy (non-hydrogen) atoms. The van der Waals surface area contributed by atoms with Crippen LogP contribution in [0.5, 0.6) is 5.88 Å². The van der Waals surface area contributed by atoms with E-state index >= 15 is 0 Å². The van der Waals surface area contributed by atoms with Crippen LogP contribution >= 0.6 is 0 Å². The molecule has 11 heteroatoms. The Labute approximate surface area is 205 Å². The van der Waals surface area contributed by atoms with E-state index in [1.807, 2.05) is 18.0 Å². The summed E-state index contributed by atoms with van der Waals surface area (Å²) in [4.78, 5) is 34.6. The third-order valence-corrected chi connectivity index (χ3v) is 7.18. The van der Waals surface area contributed by atoms with Crippen molar-refractivity contribution < 1.29 is 14.3 Å². The summed E-state index contributed by atoms with van der Waals surface area (Å²) in [7, 11) is 1.92. The first kappa shape index (κ1) is 23.7. The number of nitrogen functional groups attached to an aromatic ring is 1. The van der Waals surface area contributed by atoms with Crippen molar-refractivity contribution in [1.29, 1.82) is 0 Å². The zero-order valence-corrected chi connectivity index (χ0v) is 20.4. The number of carbonyl (C=O) groups is 1. The van der Waals surface area contributed by atoms with Crippen LogP contribution in [0.25, 0.3) is 11.3 Å². The van der Waals surface area contributed by atoms with Crippen molar-refractivity contribution in [3.8, 4) is 17.1 Å². The zero-order chi connectivity index (χ0) is 24.4. The Morgan fingerprint density at radius 1 is 1.29 bits per heavy atom. The van der Waals surface area contributed by atoms with Gasteiger partial charge in [0.2, 0.25) is 23.7 Å². The largest absolute Gasteiger partial charge is 0.474 e. The minimum absolute atomic E-state index is 0.000103. The Kier molecular flexibility index (Phi) is 6.96. The van der Waals surface area contributed by atoms with Gasteiger partial charge in [0.15, 0.2) is 0 Å². The average Bonchev–Trinajstić information content (AvgIpc) is 2.86. The maximum atomic E-state index is 12.9. The summed E-state index contributed by atoms with van der Waals surface area (Å²) >= 11 is 0. The van der Waals surface area contributed by atoms with Gasteiger partial charge in [-0.3, -0.25) is 4.79 Å². The number of rotatable bonds is 6. The normalized spacial score (nSPS) is 26.6. The molecule has 0 spiro atoms. The molecular formula is C24H34N8O3. The van der Waals surface area contributed by atoms with Crippen molar-refractivity contribution in [3.63, 3.8) is 0 Å². The number of morpholine rings is 1. The molecule has 1 amide bonds. The van der Waals surface area contributed by atoms with E-state index in [-0.39, 0.29) is 36.0 Å². The molecule has 11 nitrogen and oxygen atoms in total. The number of nitrogens with one attached hydrogen (secondary N) is 1. The van der Waals surface area contributed by atoms with E-state index in [0.717, 1.165) is 44.3 Å². The van der Waals surface area contributed by atoms with Crippen molar-refractivity contribution >= 4 is 17.8 Å². The van der Waals surface area contributed by atoms with E-state index in [4.69, 9.17) is 25.2 Å². The first-order valence-corrected chi connectivity index (χ1v) is 12.4. The van der Waals surface area contributed by atoms with Gasteiger partial charge >= 0.3 is 0 Å². The lowest BCUT2D eigenvalue weighted by molar-refractivity contribution is -0.140. The van der Waals surface area contributed by atoms with Gasteiger partial charge in [0.25, 0.3) is 0 Å². The van der Waals surface area contributed by atoms with E-state index in [9.17, 15) is 4.79 Å². The van der Waals surface area contributed by atoms with Crippen molar-refractivity contribution in [3.05, 3.63) is 18.5 Å². The molecule has 2 atom stereocenters. The highest BCUT2D eigenvalue weighted by atomic mass is 16.5. The van der Waals surface area contributed by atoms with Gasteiger partial charge in [-0.05, 0) is 26.3 Å². The van der Waals surface area contributed by atoms with Crippen molar-refractivity contribution in [2.45, 2.75) is 50.8 Å². The van der Waals surface area contributed by atoms with Crippen LogP contribution in [0.1, 0.15) is 32.6 Å². The van der Waals surface area contributed by atoms with Gasteiger partial charge in [0, 0.05) is 63.0 Å². The third kappa shape index (κ3) is 5.30. The second-order valence-electron chi connectivity index (χ2n) is 9.70. The summed E-state index contributed by atoms with van der Waals surface area (Å²) in [6.45, 7) is 5.82. The fourth-order valence-electron chi connectivity index (χ4n) is 4.90. The number of anilines is 2. The standard InChI is InChI=1S/C24H34N8O3/c1-15-14-34-7-6-32(15)24-29-20(17-12-27-23(25)28-13-17)10-21(30-24)35-19-8-18(9-19)31(2)22(33)16-4-3-5-26-11-16/h10,12-13,15-16,18-19,26H,3-9,11,14H2,1-2H3,(H2,25,27,28)/t15-,16+,18-,19-/m0/s1. The molecule has 5 rings (SSSR count). The van der Waals surface area contributed by atoms with Crippen LogP contribution in [0, 0.1) is 5.92 Å². The van der Waals surface area contributed by atoms with Crippen molar-refractivity contribution in [2.75, 3.05) is 50.5 Å². The smallest absolute Gasteiger partial charge is 0.229 e. The molecule has 0 bridgehead atoms. The highest BCUT2D eigenvalue weighted by molar-refractivity contribution is 5.79. The minimum atomic E-state index is 0.000103. The maximum Gasteiger partial charge on any atom is 0.229 e. The van der Waals surface area contributed by atoms with Crippen LogP contribution in [-0.2, 0) is 9.53 Å². The molecule has 2 saturated heterocycles. The van der Waals surface area contributed by atoms with Gasteiger partial charge in [0.1, 0.15) is 6.10 Å². The predicted octanol–water partition coefficient (Wildman–Crippen LogP) is 1.11. The topological polar surface area (TPSA) is 132 Å². The molecule has 1 saturated carbocycles. The van der Waals surface area contributed by atoms with Crippen molar-refractivity contribution in [1.82, 2.24) is 30.2 Å². The molecule has 3 fully saturated rings. The van der Waals surface area contributed by atoms with Crippen LogP contribution in [-0.4, -0.2) is 88.8 Å². The summed E-state index contributed by atoms with van der Waals surface area (Å²) in [6.07, 6.45) is 6.90. The van der Waals surface area contributed by atoms with Gasteiger partial charge in [-0.15, -0.1) is 0 Å². The van der Waals surface area contributed by atoms with Gasteiger partial charge in [-0.25, -0.2) is 15.0 Å². The molecule has 188 valence electrons. The molecule has 0 aromatic carbocycles. The van der Waals surface area contributed by atoms with E-state index in [0.29, 0.717) is 37.3 Å². The van der Waals surface area contributed by atoms with Crippen LogP contribution in [0.2, 0.25) is 0 Å². The lowest BCUT2D eigenvalue weighted by atomic mass is 9.86. The van der Waals surface area contributed by atoms with Gasteiger partial charge in [-0.2, -0.15) is 4.98 Å². The fraction of sp³-hybridized carbons (Fsp3) is 0.625. The summed E-state index contributed by atoms with van der Waals surface area (Å²) in [5.41, 5.74) is 7.08. The second kappa shape index (κ2) is 10.3. The van der Waals surface area contributed by atoms with E-state index < -0.39 is 0 Å². The molecular weight excluding hydrogens is 448 g/mol. The SMILES string of the molecule is C[C@H]1COCCN1c1nc(O[C@H]2C[C@H](N(C)C(=O)[C@@H]3CCCNC3)C2)cc(-c2cnc(N)nc2)n1. The van der Waals surface area contributed by atoms with Gasteiger partial charge < -0.3 is 30.3 Å². The average molecular weight is 483 g/mol. The Hall–Kier alpha value is -3.05. The van der Waals surface area contributed by atoms with E-state index in [1.54, 1.807) is 12.4 Å². The highest BCUT2D eigenvalue weighted by Crippen LogP contribution is 2.32. The number of ether oxygens (including phenoxy) is 2. The Morgan fingerprint density at radius 2 is 2.09 bits per heavy atom. The molecule has 1 aliphatic carbocycles. The van der Waals surface area contributed by atoms with Crippen LogP contribution in [0.4, 0.5) is 11.9 Å². The molecule has 0 unspecified atom stereocenters. The van der Waals surface area contributed by atoms with Gasteiger partial charge in [0.05, 0.1) is 30.9 Å². The Morgan fingerprint density at radius 3 is 2.80 bits per heavy atom. The zero-order valence-electron chi connectivity index (χ0n) is 20.4. The number of aromatic nitrogens is 4. The number of amides is 1. The number of carbonyl (C=O) groups excluding carboxylic acids is 1. The number of nitrogens with zero attached hydrogens (tertiary/aromatic N) is 6. The summed E-state index contributed by atoms with van der Waals surface area (Å²) in [5, 5.41) is 3.33. The van der Waals surface area contributed by atoms with Crippen molar-refractivity contribution in [2.24, 2.45) is 5.92 Å². The monoisotopic (exact) mass is 482 g/mol. The third-order valence-electron chi connectivity index (χ3n) is 7.18. The number of hydrogen-bond acceptors (Lipinski definition) is 10. The minimum Gasteiger partial charge on any atom is -0.474 e. The molecule has 0 radical (unpaired) electrons. The van der Waals surface area contributed by atoms with Gasteiger partial charge in [-0.1, -0.05) is 0 Å². The van der Waals surface area contributed by atoms with E-state index in [2.05, 4.69) is 27.1 Å². The summed E-state index contributed by atoms with van der Waals surface area (Å²) in [6, 6.07) is 2.16. The second-order valence-corrected chi connectivity index (χ2v) is 9.70. The highest BCUT2D eigenvalue weighted by Gasteiger charge is 2.38. The Balaban J connectivity index is 1.29. The summed E-state index contributed by atoms with van der Waals surface area (Å²) in [5.74, 6) is 1.63. The Bertz CT molecular complexity index is 1020. The lowest BCUT2D eigenvalue weighted by Crippen LogP contribution is -2.53. The molecule has 3 aliphatic rings. The molecule has 2 aromatic rings. The fourth-order valence-corrected chi connectivity index (χ4v) is 4.90. The first-order chi connectivity index (χ1) is 17.0. The summed E-state index contributed by atoms with van der Waals surface area (Å²) < 4.78 is 11.9. The number of nitrogens with two attached hydrogens (primary N) is 1. The molecule has 2 aromatic heterocycles. The number of piperidine rings is 1. The quantitative estimate of drug-likeness (QED) is 0.617. The first-order valence-electron chi connectivity index (χ1n) is 12.4. The lowest BCUT2D eigenvalue weighted by Gasteiger charge is -2.42. The van der Waals surface area contributed by atoms with Crippen LogP contribution in [0.3, 0.4) is 0 Å². The molecule has 4 heterocycles. The molecule has 3 N–H and O–H groups in total. The maximum absolute atomic E-state index is 12.9. The molecule has 2 aliphatic heterocycles.